The number of halogens is 1. The van der Waals surface area contributed by atoms with Crippen molar-refractivity contribution >= 4 is 11.8 Å². The van der Waals surface area contributed by atoms with Crippen LogP contribution in [0.2, 0.25) is 0 Å². The van der Waals surface area contributed by atoms with Gasteiger partial charge in [0.15, 0.2) is 5.82 Å². The average Bonchev–Trinajstić information content (AvgIpc) is 2.87. The van der Waals surface area contributed by atoms with Crippen LogP contribution in [-0.2, 0) is 5.75 Å². The van der Waals surface area contributed by atoms with Gasteiger partial charge < -0.3 is 10.3 Å². The minimum atomic E-state index is -0.237. The SMILES string of the molecule is CCC[C@H](N)c1nc(CSc2ccccc2F)no1. The highest BCUT2D eigenvalue weighted by molar-refractivity contribution is 7.98. The molecule has 4 nitrogen and oxygen atoms in total. The number of rotatable bonds is 6. The lowest BCUT2D eigenvalue weighted by Gasteiger charge is -2.02. The van der Waals surface area contributed by atoms with Gasteiger partial charge in [0.2, 0.25) is 5.89 Å². The molecule has 1 atom stereocenters. The van der Waals surface area contributed by atoms with Crippen LogP contribution in [0.3, 0.4) is 0 Å². The quantitative estimate of drug-likeness (QED) is 0.823. The van der Waals surface area contributed by atoms with Crippen LogP contribution in [0.5, 0.6) is 0 Å². The molecule has 0 unspecified atom stereocenters. The number of nitrogens with two attached hydrogens (primary N) is 1. The monoisotopic (exact) mass is 281 g/mol. The van der Waals surface area contributed by atoms with E-state index in [1.807, 2.05) is 6.92 Å². The molecule has 2 N–H and O–H groups in total. The molecule has 0 amide bonds. The van der Waals surface area contributed by atoms with E-state index >= 15 is 0 Å². The fourth-order valence-corrected chi connectivity index (χ4v) is 2.40. The van der Waals surface area contributed by atoms with Gasteiger partial charge in [0, 0.05) is 4.90 Å². The lowest BCUT2D eigenvalue weighted by molar-refractivity contribution is 0.345. The van der Waals surface area contributed by atoms with Crippen molar-refractivity contribution < 1.29 is 8.91 Å². The van der Waals surface area contributed by atoms with Crippen molar-refractivity contribution in [3.8, 4) is 0 Å². The minimum Gasteiger partial charge on any atom is -0.338 e. The van der Waals surface area contributed by atoms with E-state index in [0.29, 0.717) is 22.4 Å². The minimum absolute atomic E-state index is 0.218. The zero-order valence-electron chi connectivity index (χ0n) is 10.7. The molecule has 2 rings (SSSR count). The Balaban J connectivity index is 1.95. The molecule has 0 saturated carbocycles. The Morgan fingerprint density at radius 2 is 2.21 bits per heavy atom. The predicted molar refractivity (Wildman–Crippen MR) is 72.1 cm³/mol. The Bertz CT molecular complexity index is 532. The summed E-state index contributed by atoms with van der Waals surface area (Å²) in [6, 6.07) is 6.40. The number of hydrogen-bond acceptors (Lipinski definition) is 5. The van der Waals surface area contributed by atoms with Crippen molar-refractivity contribution in [2.75, 3.05) is 0 Å². The van der Waals surface area contributed by atoms with Gasteiger partial charge in [0.05, 0.1) is 11.8 Å². The van der Waals surface area contributed by atoms with Gasteiger partial charge in [-0.25, -0.2) is 4.39 Å². The van der Waals surface area contributed by atoms with Crippen molar-refractivity contribution in [3.63, 3.8) is 0 Å². The van der Waals surface area contributed by atoms with Gasteiger partial charge in [-0.05, 0) is 18.6 Å². The van der Waals surface area contributed by atoms with E-state index in [1.165, 1.54) is 17.8 Å². The van der Waals surface area contributed by atoms with Crippen molar-refractivity contribution in [2.45, 2.75) is 36.5 Å². The zero-order chi connectivity index (χ0) is 13.7. The summed E-state index contributed by atoms with van der Waals surface area (Å²) in [5, 5.41) is 3.85. The van der Waals surface area contributed by atoms with Crippen molar-refractivity contribution in [1.29, 1.82) is 0 Å². The van der Waals surface area contributed by atoms with Crippen LogP contribution in [-0.4, -0.2) is 10.1 Å². The van der Waals surface area contributed by atoms with Crippen molar-refractivity contribution in [1.82, 2.24) is 10.1 Å². The van der Waals surface area contributed by atoms with Gasteiger partial charge in [-0.1, -0.05) is 30.6 Å². The molecule has 1 aromatic carbocycles. The van der Waals surface area contributed by atoms with Crippen LogP contribution < -0.4 is 5.73 Å². The molecular formula is C13H16FN3OS. The average molecular weight is 281 g/mol. The Morgan fingerprint density at radius 3 is 2.95 bits per heavy atom. The topological polar surface area (TPSA) is 64.9 Å². The van der Waals surface area contributed by atoms with Crippen molar-refractivity contribution in [2.24, 2.45) is 5.73 Å². The highest BCUT2D eigenvalue weighted by Crippen LogP contribution is 2.24. The largest absolute Gasteiger partial charge is 0.338 e. The first-order valence-corrected chi connectivity index (χ1v) is 7.14. The maximum atomic E-state index is 13.4. The lowest BCUT2D eigenvalue weighted by Crippen LogP contribution is -2.10. The van der Waals surface area contributed by atoms with Crippen molar-refractivity contribution in [3.05, 3.63) is 41.8 Å². The first kappa shape index (κ1) is 14.0. The Morgan fingerprint density at radius 1 is 1.42 bits per heavy atom. The summed E-state index contributed by atoms with van der Waals surface area (Å²) in [6.45, 7) is 2.05. The summed E-state index contributed by atoms with van der Waals surface area (Å²) in [6.07, 6.45) is 1.77. The van der Waals surface area contributed by atoms with Gasteiger partial charge in [-0.15, -0.1) is 11.8 Å². The van der Waals surface area contributed by atoms with Crippen LogP contribution >= 0.6 is 11.8 Å². The number of nitrogens with zero attached hydrogens (tertiary/aromatic N) is 2. The summed E-state index contributed by atoms with van der Waals surface area (Å²) in [5.41, 5.74) is 5.89. The molecule has 102 valence electrons. The molecule has 0 spiro atoms. The molecule has 2 aromatic rings. The molecule has 19 heavy (non-hydrogen) atoms. The highest BCUT2D eigenvalue weighted by Gasteiger charge is 2.14. The van der Waals surface area contributed by atoms with E-state index in [-0.39, 0.29) is 11.9 Å². The molecule has 0 radical (unpaired) electrons. The second kappa shape index (κ2) is 6.68. The van der Waals surface area contributed by atoms with E-state index in [4.69, 9.17) is 10.3 Å². The van der Waals surface area contributed by atoms with Gasteiger partial charge in [0.1, 0.15) is 5.82 Å². The smallest absolute Gasteiger partial charge is 0.243 e. The number of benzene rings is 1. The number of thioether (sulfide) groups is 1. The maximum absolute atomic E-state index is 13.4. The third kappa shape index (κ3) is 3.78. The molecular weight excluding hydrogens is 265 g/mol. The highest BCUT2D eigenvalue weighted by atomic mass is 32.2. The van der Waals surface area contributed by atoms with Crippen LogP contribution in [0.4, 0.5) is 4.39 Å². The zero-order valence-corrected chi connectivity index (χ0v) is 11.5. The van der Waals surface area contributed by atoms with Crippen LogP contribution in [0, 0.1) is 5.82 Å². The van der Waals surface area contributed by atoms with E-state index < -0.39 is 0 Å². The number of aromatic nitrogens is 2. The lowest BCUT2D eigenvalue weighted by atomic mass is 10.2. The third-order valence-corrected chi connectivity index (χ3v) is 3.64. The first-order valence-electron chi connectivity index (χ1n) is 6.16. The van der Waals surface area contributed by atoms with E-state index in [2.05, 4.69) is 10.1 Å². The molecule has 0 aliphatic heterocycles. The third-order valence-electron chi connectivity index (χ3n) is 2.59. The van der Waals surface area contributed by atoms with E-state index in [0.717, 1.165) is 12.8 Å². The standard InChI is InChI=1S/C13H16FN3OS/c1-2-5-10(15)13-16-12(17-18-13)8-19-11-7-4-3-6-9(11)14/h3-4,6-7,10H,2,5,8,15H2,1H3/t10-/m0/s1. The van der Waals surface area contributed by atoms with E-state index in [9.17, 15) is 4.39 Å². The molecule has 1 aromatic heterocycles. The maximum Gasteiger partial charge on any atom is 0.243 e. The first-order chi connectivity index (χ1) is 9.20. The molecule has 6 heteroatoms. The van der Waals surface area contributed by atoms with E-state index in [1.54, 1.807) is 18.2 Å². The summed E-state index contributed by atoms with van der Waals surface area (Å²) in [5.74, 6) is 1.21. The summed E-state index contributed by atoms with van der Waals surface area (Å²) < 4.78 is 18.5. The van der Waals surface area contributed by atoms with Crippen LogP contribution in [0.15, 0.2) is 33.7 Å². The number of hydrogen-bond donors (Lipinski definition) is 1. The fraction of sp³-hybridized carbons (Fsp3) is 0.385. The summed E-state index contributed by atoms with van der Waals surface area (Å²) >= 11 is 1.34. The fourth-order valence-electron chi connectivity index (χ4n) is 1.62. The molecule has 0 bridgehead atoms. The molecule has 0 fully saturated rings. The Kier molecular flexibility index (Phi) is 4.93. The van der Waals surface area contributed by atoms with Gasteiger partial charge >= 0.3 is 0 Å². The Labute approximate surface area is 115 Å². The van der Waals surface area contributed by atoms with Gasteiger partial charge in [-0.3, -0.25) is 0 Å². The van der Waals surface area contributed by atoms with Gasteiger partial charge in [0.25, 0.3) is 0 Å². The van der Waals surface area contributed by atoms with Crippen LogP contribution in [0.1, 0.15) is 37.5 Å². The second-order valence-corrected chi connectivity index (χ2v) is 5.18. The molecule has 0 aliphatic rings. The Hall–Kier alpha value is -1.40. The normalized spacial score (nSPS) is 12.6. The predicted octanol–water partition coefficient (Wildman–Crippen LogP) is 3.30. The molecule has 0 aliphatic carbocycles. The molecule has 1 heterocycles. The summed E-state index contributed by atoms with van der Waals surface area (Å²) in [4.78, 5) is 4.80. The molecule has 0 saturated heterocycles. The van der Waals surface area contributed by atoms with Gasteiger partial charge in [-0.2, -0.15) is 4.98 Å². The van der Waals surface area contributed by atoms with Crippen LogP contribution in [0.25, 0.3) is 0 Å². The summed E-state index contributed by atoms with van der Waals surface area (Å²) in [7, 11) is 0. The second-order valence-electron chi connectivity index (χ2n) is 4.16.